The van der Waals surface area contributed by atoms with Gasteiger partial charge in [0.2, 0.25) is 5.78 Å². The zero-order chi connectivity index (χ0) is 17.9. The highest BCUT2D eigenvalue weighted by atomic mass is 19.1. The van der Waals surface area contributed by atoms with Crippen LogP contribution in [-0.4, -0.2) is 31.7 Å². The van der Waals surface area contributed by atoms with Crippen molar-refractivity contribution >= 4 is 5.78 Å². The monoisotopic (exact) mass is 352 g/mol. The van der Waals surface area contributed by atoms with Gasteiger partial charge in [-0.05, 0) is 24.3 Å². The molecule has 0 amide bonds. The van der Waals surface area contributed by atoms with Gasteiger partial charge in [-0.25, -0.2) is 14.4 Å². The van der Waals surface area contributed by atoms with Gasteiger partial charge in [-0.1, -0.05) is 0 Å². The van der Waals surface area contributed by atoms with Gasteiger partial charge in [0.25, 0.3) is 0 Å². The third-order valence-electron chi connectivity index (χ3n) is 4.07. The molecule has 2 N–H and O–H groups in total. The van der Waals surface area contributed by atoms with Crippen LogP contribution in [0.15, 0.2) is 49.1 Å². The molecule has 4 rings (SSSR count). The Hall–Kier alpha value is -3.26. The van der Waals surface area contributed by atoms with Crippen LogP contribution < -0.4 is 10.1 Å². The Morgan fingerprint density at radius 1 is 1.31 bits per heavy atom. The number of fused-ring (bicyclic) bond motifs is 1. The number of hydrogen-bond donors (Lipinski definition) is 2. The number of nitrogens with zero attached hydrogens (tertiary/aromatic N) is 4. The number of halogens is 1. The number of nitrogens with one attached hydrogen (secondary N) is 2. The van der Waals surface area contributed by atoms with Crippen LogP contribution in [0.4, 0.5) is 4.39 Å². The van der Waals surface area contributed by atoms with E-state index in [1.54, 1.807) is 24.5 Å². The second-order valence-corrected chi connectivity index (χ2v) is 5.78. The van der Waals surface area contributed by atoms with Crippen molar-refractivity contribution in [2.75, 3.05) is 7.11 Å². The molecule has 0 atom stereocenters. The van der Waals surface area contributed by atoms with Crippen molar-refractivity contribution < 1.29 is 9.13 Å². The highest BCUT2D eigenvalue weighted by Crippen LogP contribution is 2.26. The molecule has 0 saturated carbocycles. The first-order valence-electron chi connectivity index (χ1n) is 8.10. The van der Waals surface area contributed by atoms with Gasteiger partial charge in [0, 0.05) is 42.8 Å². The van der Waals surface area contributed by atoms with E-state index in [9.17, 15) is 4.39 Å². The summed E-state index contributed by atoms with van der Waals surface area (Å²) in [7, 11) is 1.44. The normalized spacial score (nSPS) is 11.2. The van der Waals surface area contributed by atoms with E-state index >= 15 is 0 Å². The van der Waals surface area contributed by atoms with E-state index in [-0.39, 0.29) is 5.75 Å². The summed E-state index contributed by atoms with van der Waals surface area (Å²) >= 11 is 0. The Morgan fingerprint density at radius 3 is 3.04 bits per heavy atom. The molecule has 0 saturated heterocycles. The standard InChI is InChI=1S/C18H17FN6O/c1-26-16-4-3-12(7-15(16)19)17-13(9-22-24-17)8-20-10-14-11-25-6-2-5-21-18(25)23-14/h2-7,9,11,20H,8,10H2,1H3,(H,22,24). The smallest absolute Gasteiger partial charge is 0.233 e. The fourth-order valence-electron chi connectivity index (χ4n) is 2.81. The quantitative estimate of drug-likeness (QED) is 0.557. The molecule has 4 aromatic rings. The molecule has 1 aromatic carbocycles. The molecule has 0 fully saturated rings. The molecule has 26 heavy (non-hydrogen) atoms. The zero-order valence-electron chi connectivity index (χ0n) is 14.1. The van der Waals surface area contributed by atoms with Gasteiger partial charge in [-0.3, -0.25) is 9.50 Å². The van der Waals surface area contributed by atoms with Gasteiger partial charge in [0.05, 0.1) is 24.7 Å². The van der Waals surface area contributed by atoms with Gasteiger partial charge in [-0.15, -0.1) is 0 Å². The molecule has 0 bridgehead atoms. The lowest BCUT2D eigenvalue weighted by atomic mass is 10.1. The fourth-order valence-corrected chi connectivity index (χ4v) is 2.81. The first-order valence-corrected chi connectivity index (χ1v) is 8.10. The number of hydrogen-bond acceptors (Lipinski definition) is 5. The predicted molar refractivity (Wildman–Crippen MR) is 94.1 cm³/mol. The summed E-state index contributed by atoms with van der Waals surface area (Å²) in [6.07, 6.45) is 7.29. The van der Waals surface area contributed by atoms with Crippen LogP contribution in [0.3, 0.4) is 0 Å². The molecule has 3 heterocycles. The van der Waals surface area contributed by atoms with E-state index in [1.807, 2.05) is 22.9 Å². The van der Waals surface area contributed by atoms with Crippen molar-refractivity contribution in [3.8, 4) is 17.0 Å². The first kappa shape index (κ1) is 16.2. The second kappa shape index (κ2) is 6.93. The van der Waals surface area contributed by atoms with Crippen molar-refractivity contribution in [3.63, 3.8) is 0 Å². The van der Waals surface area contributed by atoms with Crippen molar-refractivity contribution in [2.45, 2.75) is 13.1 Å². The number of imidazole rings is 1. The highest BCUT2D eigenvalue weighted by molar-refractivity contribution is 5.63. The number of aromatic nitrogens is 5. The van der Waals surface area contributed by atoms with Crippen LogP contribution in [0, 0.1) is 5.82 Å². The van der Waals surface area contributed by atoms with Crippen LogP contribution in [-0.2, 0) is 13.1 Å². The largest absolute Gasteiger partial charge is 0.494 e. The first-order chi connectivity index (χ1) is 12.7. The Labute approximate surface area is 148 Å². The second-order valence-electron chi connectivity index (χ2n) is 5.78. The number of H-pyrrole nitrogens is 1. The third kappa shape index (κ3) is 3.14. The van der Waals surface area contributed by atoms with Crippen molar-refractivity contribution in [3.05, 3.63) is 66.1 Å². The minimum Gasteiger partial charge on any atom is -0.494 e. The topological polar surface area (TPSA) is 80.1 Å². The summed E-state index contributed by atoms with van der Waals surface area (Å²) in [5.74, 6) is 0.478. The van der Waals surface area contributed by atoms with Crippen LogP contribution >= 0.6 is 0 Å². The lowest BCUT2D eigenvalue weighted by Crippen LogP contribution is -2.13. The Bertz CT molecular complexity index is 1010. The maximum atomic E-state index is 14.0. The Kier molecular flexibility index (Phi) is 4.32. The van der Waals surface area contributed by atoms with E-state index in [2.05, 4.69) is 25.5 Å². The van der Waals surface area contributed by atoms with Gasteiger partial charge in [-0.2, -0.15) is 5.10 Å². The SMILES string of the molecule is COc1ccc(-c2[nH]ncc2CNCc2cn3cccnc3n2)cc1F. The molecule has 0 aliphatic rings. The number of aromatic amines is 1. The number of ether oxygens (including phenoxy) is 1. The molecule has 132 valence electrons. The summed E-state index contributed by atoms with van der Waals surface area (Å²) in [6, 6.07) is 6.69. The molecule has 8 heteroatoms. The minimum absolute atomic E-state index is 0.216. The van der Waals surface area contributed by atoms with Crippen LogP contribution in [0.5, 0.6) is 5.75 Å². The van der Waals surface area contributed by atoms with Gasteiger partial charge >= 0.3 is 0 Å². The van der Waals surface area contributed by atoms with Crippen LogP contribution in [0.2, 0.25) is 0 Å². The van der Waals surface area contributed by atoms with E-state index in [1.165, 1.54) is 13.2 Å². The molecule has 0 radical (unpaired) electrons. The lowest BCUT2D eigenvalue weighted by Gasteiger charge is -2.07. The lowest BCUT2D eigenvalue weighted by molar-refractivity contribution is 0.386. The molecular formula is C18H17FN6O. The van der Waals surface area contributed by atoms with E-state index in [0.717, 1.165) is 22.5 Å². The fraction of sp³-hybridized carbons (Fsp3) is 0.167. The van der Waals surface area contributed by atoms with E-state index < -0.39 is 5.82 Å². The average Bonchev–Trinajstić information content (AvgIpc) is 3.28. The molecule has 0 unspecified atom stereocenters. The molecule has 0 aliphatic heterocycles. The molecule has 7 nitrogen and oxygen atoms in total. The highest BCUT2D eigenvalue weighted by Gasteiger charge is 2.11. The summed E-state index contributed by atoms with van der Waals surface area (Å²) in [4.78, 5) is 8.64. The summed E-state index contributed by atoms with van der Waals surface area (Å²) in [5.41, 5.74) is 3.32. The van der Waals surface area contributed by atoms with E-state index in [4.69, 9.17) is 4.74 Å². The maximum absolute atomic E-state index is 14.0. The summed E-state index contributed by atoms with van der Waals surface area (Å²) in [6.45, 7) is 1.16. The van der Waals surface area contributed by atoms with Crippen LogP contribution in [0.1, 0.15) is 11.3 Å². The van der Waals surface area contributed by atoms with Crippen LogP contribution in [0.25, 0.3) is 17.0 Å². The molecule has 3 aromatic heterocycles. The zero-order valence-corrected chi connectivity index (χ0v) is 14.1. The van der Waals surface area contributed by atoms with Gasteiger partial charge < -0.3 is 10.1 Å². The predicted octanol–water partition coefficient (Wildman–Crippen LogP) is 2.56. The maximum Gasteiger partial charge on any atom is 0.233 e. The summed E-state index contributed by atoms with van der Waals surface area (Å²) < 4.78 is 20.8. The molecule has 0 aliphatic carbocycles. The third-order valence-corrected chi connectivity index (χ3v) is 4.07. The number of rotatable bonds is 6. The number of benzene rings is 1. The molecule has 0 spiro atoms. The average molecular weight is 352 g/mol. The van der Waals surface area contributed by atoms with Gasteiger partial charge in [0.15, 0.2) is 11.6 Å². The van der Waals surface area contributed by atoms with Crippen molar-refractivity contribution in [1.82, 2.24) is 29.9 Å². The Morgan fingerprint density at radius 2 is 2.23 bits per heavy atom. The van der Waals surface area contributed by atoms with Gasteiger partial charge in [0.1, 0.15) is 0 Å². The number of methoxy groups -OCH3 is 1. The van der Waals surface area contributed by atoms with E-state index in [0.29, 0.717) is 18.9 Å². The summed E-state index contributed by atoms with van der Waals surface area (Å²) in [5, 5.41) is 10.3. The molecular weight excluding hydrogens is 335 g/mol. The van der Waals surface area contributed by atoms with Crippen molar-refractivity contribution in [2.24, 2.45) is 0 Å². The van der Waals surface area contributed by atoms with Crippen molar-refractivity contribution in [1.29, 1.82) is 0 Å². The Balaban J connectivity index is 1.46. The minimum atomic E-state index is -0.407.